The standard InChI is InChI=1S/C16H22N2O3/c1-4-10-18(13(2)19)12-16(20)17-9-8-14-6-5-7-15(11-14)21-3/h4-7,11H,1,8-10,12H2,2-3H3,(H,17,20). The molecule has 0 spiro atoms. The fourth-order valence-electron chi connectivity index (χ4n) is 1.86. The second kappa shape index (κ2) is 8.79. The fourth-order valence-corrected chi connectivity index (χ4v) is 1.86. The lowest BCUT2D eigenvalue weighted by atomic mass is 10.1. The minimum atomic E-state index is -0.171. The Balaban J connectivity index is 2.38. The highest BCUT2D eigenvalue weighted by Crippen LogP contribution is 2.12. The van der Waals surface area contributed by atoms with Crippen LogP contribution in [0.4, 0.5) is 0 Å². The molecular formula is C16H22N2O3. The van der Waals surface area contributed by atoms with Gasteiger partial charge in [0.15, 0.2) is 0 Å². The van der Waals surface area contributed by atoms with Crippen molar-refractivity contribution in [2.45, 2.75) is 13.3 Å². The Kier molecular flexibility index (Phi) is 7.01. The fraction of sp³-hybridized carbons (Fsp3) is 0.375. The zero-order valence-corrected chi connectivity index (χ0v) is 12.6. The first-order chi connectivity index (χ1) is 10.1. The summed E-state index contributed by atoms with van der Waals surface area (Å²) in [5.41, 5.74) is 1.09. The van der Waals surface area contributed by atoms with E-state index < -0.39 is 0 Å². The van der Waals surface area contributed by atoms with E-state index in [1.54, 1.807) is 13.2 Å². The molecule has 21 heavy (non-hydrogen) atoms. The van der Waals surface area contributed by atoms with Gasteiger partial charge in [0.05, 0.1) is 13.7 Å². The van der Waals surface area contributed by atoms with E-state index in [1.165, 1.54) is 11.8 Å². The number of ether oxygens (including phenoxy) is 1. The average Bonchev–Trinajstić information content (AvgIpc) is 2.47. The highest BCUT2D eigenvalue weighted by molar-refractivity contribution is 5.83. The molecule has 0 aliphatic carbocycles. The van der Waals surface area contributed by atoms with Crippen molar-refractivity contribution in [1.82, 2.24) is 10.2 Å². The van der Waals surface area contributed by atoms with Gasteiger partial charge in [0.25, 0.3) is 0 Å². The Morgan fingerprint density at radius 2 is 2.19 bits per heavy atom. The number of methoxy groups -OCH3 is 1. The van der Waals surface area contributed by atoms with Gasteiger partial charge in [-0.1, -0.05) is 18.2 Å². The van der Waals surface area contributed by atoms with Crippen molar-refractivity contribution < 1.29 is 14.3 Å². The van der Waals surface area contributed by atoms with Crippen molar-refractivity contribution in [3.05, 3.63) is 42.5 Å². The van der Waals surface area contributed by atoms with Crippen LogP contribution in [0.5, 0.6) is 5.75 Å². The van der Waals surface area contributed by atoms with Crippen LogP contribution < -0.4 is 10.1 Å². The van der Waals surface area contributed by atoms with Crippen LogP contribution in [-0.4, -0.2) is 43.5 Å². The summed E-state index contributed by atoms with van der Waals surface area (Å²) >= 11 is 0. The van der Waals surface area contributed by atoms with E-state index in [0.29, 0.717) is 19.5 Å². The summed E-state index contributed by atoms with van der Waals surface area (Å²) in [6.07, 6.45) is 2.31. The molecule has 0 bridgehead atoms. The minimum absolute atomic E-state index is 0.0550. The molecule has 0 saturated carbocycles. The highest BCUT2D eigenvalue weighted by Gasteiger charge is 2.11. The first-order valence-electron chi connectivity index (χ1n) is 6.83. The molecule has 1 N–H and O–H groups in total. The van der Waals surface area contributed by atoms with Gasteiger partial charge in [-0.15, -0.1) is 6.58 Å². The van der Waals surface area contributed by atoms with Crippen LogP contribution in [0, 0.1) is 0 Å². The smallest absolute Gasteiger partial charge is 0.239 e. The van der Waals surface area contributed by atoms with E-state index >= 15 is 0 Å². The summed E-state index contributed by atoms with van der Waals surface area (Å²) in [5.74, 6) is 0.486. The first kappa shape index (κ1) is 16.8. The Hall–Kier alpha value is -2.30. The van der Waals surface area contributed by atoms with Gasteiger partial charge in [-0.25, -0.2) is 0 Å². The van der Waals surface area contributed by atoms with Crippen LogP contribution in [0.1, 0.15) is 12.5 Å². The van der Waals surface area contributed by atoms with E-state index in [0.717, 1.165) is 11.3 Å². The maximum Gasteiger partial charge on any atom is 0.239 e. The topological polar surface area (TPSA) is 58.6 Å². The molecule has 5 nitrogen and oxygen atoms in total. The summed E-state index contributed by atoms with van der Waals surface area (Å²) < 4.78 is 5.15. The lowest BCUT2D eigenvalue weighted by Gasteiger charge is -2.18. The summed E-state index contributed by atoms with van der Waals surface area (Å²) in [4.78, 5) is 24.5. The lowest BCUT2D eigenvalue weighted by molar-refractivity contribution is -0.133. The summed E-state index contributed by atoms with van der Waals surface area (Å²) in [5, 5.41) is 2.80. The zero-order valence-electron chi connectivity index (χ0n) is 12.6. The quantitative estimate of drug-likeness (QED) is 0.736. The lowest BCUT2D eigenvalue weighted by Crippen LogP contribution is -2.40. The number of nitrogens with one attached hydrogen (secondary N) is 1. The van der Waals surface area contributed by atoms with Crippen molar-refractivity contribution in [2.75, 3.05) is 26.7 Å². The number of hydrogen-bond acceptors (Lipinski definition) is 3. The molecule has 0 aliphatic rings. The summed E-state index contributed by atoms with van der Waals surface area (Å²) in [6, 6.07) is 7.71. The number of hydrogen-bond donors (Lipinski definition) is 1. The minimum Gasteiger partial charge on any atom is -0.497 e. The van der Waals surface area contributed by atoms with Crippen LogP contribution in [0.3, 0.4) is 0 Å². The van der Waals surface area contributed by atoms with Gasteiger partial charge < -0.3 is 15.0 Å². The SMILES string of the molecule is C=CCN(CC(=O)NCCc1cccc(OC)c1)C(C)=O. The van der Waals surface area contributed by atoms with Crippen LogP contribution in [0.15, 0.2) is 36.9 Å². The molecule has 0 heterocycles. The highest BCUT2D eigenvalue weighted by atomic mass is 16.5. The van der Waals surface area contributed by atoms with Gasteiger partial charge in [0.2, 0.25) is 11.8 Å². The predicted octanol–water partition coefficient (Wildman–Crippen LogP) is 1.39. The van der Waals surface area contributed by atoms with Gasteiger partial charge in [-0.3, -0.25) is 9.59 Å². The van der Waals surface area contributed by atoms with E-state index in [1.807, 2.05) is 24.3 Å². The number of benzene rings is 1. The molecule has 0 atom stereocenters. The molecule has 0 aliphatic heterocycles. The van der Waals surface area contributed by atoms with Gasteiger partial charge in [-0.2, -0.15) is 0 Å². The Labute approximate surface area is 125 Å². The predicted molar refractivity (Wildman–Crippen MR) is 82.2 cm³/mol. The molecule has 1 rings (SSSR count). The van der Waals surface area contributed by atoms with Crippen molar-refractivity contribution in [3.63, 3.8) is 0 Å². The van der Waals surface area contributed by atoms with Crippen molar-refractivity contribution in [2.24, 2.45) is 0 Å². The molecule has 5 heteroatoms. The maximum absolute atomic E-state index is 11.8. The third-order valence-corrected chi connectivity index (χ3v) is 3.00. The zero-order chi connectivity index (χ0) is 15.7. The molecule has 0 fully saturated rings. The second-order valence-electron chi connectivity index (χ2n) is 4.64. The van der Waals surface area contributed by atoms with Crippen molar-refractivity contribution in [1.29, 1.82) is 0 Å². The van der Waals surface area contributed by atoms with Crippen LogP contribution in [0.25, 0.3) is 0 Å². The third-order valence-electron chi connectivity index (χ3n) is 3.00. The second-order valence-corrected chi connectivity index (χ2v) is 4.64. The summed E-state index contributed by atoms with van der Waals surface area (Å²) in [7, 11) is 1.62. The van der Waals surface area contributed by atoms with Gasteiger partial charge in [0.1, 0.15) is 5.75 Å². The van der Waals surface area contributed by atoms with Crippen molar-refractivity contribution in [3.8, 4) is 5.75 Å². The van der Waals surface area contributed by atoms with Gasteiger partial charge in [0, 0.05) is 20.0 Å². The Morgan fingerprint density at radius 1 is 1.43 bits per heavy atom. The molecule has 0 saturated heterocycles. The number of carbonyl (C=O) groups is 2. The van der Waals surface area contributed by atoms with Crippen LogP contribution in [-0.2, 0) is 16.0 Å². The largest absolute Gasteiger partial charge is 0.497 e. The molecule has 114 valence electrons. The van der Waals surface area contributed by atoms with Crippen LogP contribution in [0.2, 0.25) is 0 Å². The molecular weight excluding hydrogens is 268 g/mol. The Bertz CT molecular complexity index is 500. The van der Waals surface area contributed by atoms with Gasteiger partial charge in [-0.05, 0) is 24.1 Å². The van der Waals surface area contributed by atoms with E-state index in [2.05, 4.69) is 11.9 Å². The van der Waals surface area contributed by atoms with E-state index in [-0.39, 0.29) is 18.4 Å². The monoisotopic (exact) mass is 290 g/mol. The molecule has 0 unspecified atom stereocenters. The van der Waals surface area contributed by atoms with Crippen LogP contribution >= 0.6 is 0 Å². The van der Waals surface area contributed by atoms with E-state index in [9.17, 15) is 9.59 Å². The van der Waals surface area contributed by atoms with Crippen molar-refractivity contribution >= 4 is 11.8 Å². The number of carbonyl (C=O) groups excluding carboxylic acids is 2. The third kappa shape index (κ3) is 6.12. The summed E-state index contributed by atoms with van der Waals surface area (Å²) in [6.45, 7) is 5.96. The average molecular weight is 290 g/mol. The molecule has 0 radical (unpaired) electrons. The first-order valence-corrected chi connectivity index (χ1v) is 6.83. The molecule has 0 aromatic heterocycles. The Morgan fingerprint density at radius 3 is 2.81 bits per heavy atom. The number of rotatable bonds is 8. The molecule has 2 amide bonds. The number of nitrogens with zero attached hydrogens (tertiary/aromatic N) is 1. The maximum atomic E-state index is 11.8. The van der Waals surface area contributed by atoms with E-state index in [4.69, 9.17) is 4.74 Å². The number of amides is 2. The van der Waals surface area contributed by atoms with Gasteiger partial charge >= 0.3 is 0 Å². The molecule has 1 aromatic rings. The molecule has 1 aromatic carbocycles. The normalized spacial score (nSPS) is 9.81.